The summed E-state index contributed by atoms with van der Waals surface area (Å²) in [5.74, 6) is 0. The third-order valence-electron chi connectivity index (χ3n) is 1.56. The van der Waals surface area contributed by atoms with Crippen LogP contribution in [0.4, 0.5) is 0 Å². The fourth-order valence-electron chi connectivity index (χ4n) is 0.855. The van der Waals surface area contributed by atoms with Gasteiger partial charge in [0.05, 0.1) is 6.20 Å². The molecule has 1 aromatic rings. The lowest BCUT2D eigenvalue weighted by atomic mass is 10.00. The average Bonchev–Trinajstić information content (AvgIpc) is 2.11. The molecule has 0 atom stereocenters. The smallest absolute Gasteiger partial charge is 0.108 e. The van der Waals surface area contributed by atoms with Crippen molar-refractivity contribution in [3.05, 3.63) is 16.4 Å². The third kappa shape index (κ3) is 1.62. The Morgan fingerprint density at radius 2 is 2.18 bits per heavy atom. The van der Waals surface area contributed by atoms with Crippen molar-refractivity contribution in [2.75, 3.05) is 0 Å². The Labute approximate surface area is 74.7 Å². The van der Waals surface area contributed by atoms with E-state index in [1.165, 1.54) is 0 Å². The van der Waals surface area contributed by atoms with Crippen molar-refractivity contribution in [2.45, 2.75) is 19.4 Å². The van der Waals surface area contributed by atoms with E-state index in [1.807, 2.05) is 20.9 Å². The lowest BCUT2D eigenvalue weighted by Gasteiger charge is -2.16. The molecule has 0 aliphatic carbocycles. The molecule has 2 N–H and O–H groups in total. The summed E-state index contributed by atoms with van der Waals surface area (Å²) in [4.78, 5) is 0. The predicted molar refractivity (Wildman–Crippen MR) is 48.1 cm³/mol. The van der Waals surface area contributed by atoms with E-state index in [4.69, 9.17) is 5.73 Å². The monoisotopic (exact) mass is 217 g/mol. The first kappa shape index (κ1) is 8.74. The first-order valence-electron chi connectivity index (χ1n) is 3.40. The second-order valence-corrected chi connectivity index (χ2v) is 3.95. The quantitative estimate of drug-likeness (QED) is 0.773. The van der Waals surface area contributed by atoms with Crippen LogP contribution in [0.2, 0.25) is 0 Å². The van der Waals surface area contributed by atoms with Gasteiger partial charge in [-0.3, -0.25) is 4.68 Å². The number of halogens is 1. The highest BCUT2D eigenvalue weighted by Crippen LogP contribution is 2.24. The number of rotatable bonds is 1. The maximum absolute atomic E-state index is 5.89. The van der Waals surface area contributed by atoms with Gasteiger partial charge in [-0.25, -0.2) is 0 Å². The molecule has 0 aliphatic heterocycles. The minimum absolute atomic E-state index is 0.326. The summed E-state index contributed by atoms with van der Waals surface area (Å²) in [6.07, 6.45) is 1.78. The molecule has 62 valence electrons. The van der Waals surface area contributed by atoms with E-state index < -0.39 is 0 Å². The van der Waals surface area contributed by atoms with E-state index in [1.54, 1.807) is 10.9 Å². The van der Waals surface area contributed by atoms with Crippen LogP contribution in [0.15, 0.2) is 10.8 Å². The summed E-state index contributed by atoms with van der Waals surface area (Å²) in [6.45, 7) is 3.91. The summed E-state index contributed by atoms with van der Waals surface area (Å²) in [5.41, 5.74) is 6.59. The summed E-state index contributed by atoms with van der Waals surface area (Å²) < 4.78 is 2.70. The molecule has 1 heterocycles. The highest BCUT2D eigenvalue weighted by Gasteiger charge is 2.19. The molecule has 0 bridgehead atoms. The second-order valence-electron chi connectivity index (χ2n) is 3.19. The van der Waals surface area contributed by atoms with Crippen LogP contribution in [-0.4, -0.2) is 9.78 Å². The third-order valence-corrected chi connectivity index (χ3v) is 2.50. The van der Waals surface area contributed by atoms with Gasteiger partial charge in [-0.15, -0.1) is 0 Å². The zero-order chi connectivity index (χ0) is 8.65. The Bertz CT molecular complexity index is 259. The second kappa shape index (κ2) is 2.60. The maximum Gasteiger partial charge on any atom is 0.108 e. The van der Waals surface area contributed by atoms with Gasteiger partial charge in [-0.1, -0.05) is 0 Å². The van der Waals surface area contributed by atoms with Gasteiger partial charge in [0.1, 0.15) is 4.60 Å². The van der Waals surface area contributed by atoms with Crippen LogP contribution in [0.1, 0.15) is 19.4 Å². The topological polar surface area (TPSA) is 43.8 Å². The zero-order valence-electron chi connectivity index (χ0n) is 6.93. The van der Waals surface area contributed by atoms with Gasteiger partial charge in [0.15, 0.2) is 0 Å². The maximum atomic E-state index is 5.89. The highest BCUT2D eigenvalue weighted by molar-refractivity contribution is 9.10. The Kier molecular flexibility index (Phi) is 2.07. The van der Waals surface area contributed by atoms with Crippen LogP contribution < -0.4 is 5.73 Å². The van der Waals surface area contributed by atoms with E-state index in [0.717, 1.165) is 10.2 Å². The van der Waals surface area contributed by atoms with Crippen LogP contribution in [0.3, 0.4) is 0 Å². The molecule has 1 aromatic heterocycles. The van der Waals surface area contributed by atoms with Gasteiger partial charge in [0.25, 0.3) is 0 Å². The number of hydrogen-bond donors (Lipinski definition) is 1. The summed E-state index contributed by atoms with van der Waals surface area (Å²) in [6, 6.07) is 0. The summed E-state index contributed by atoms with van der Waals surface area (Å²) in [7, 11) is 1.87. The normalized spacial score (nSPS) is 12.1. The van der Waals surface area contributed by atoms with Gasteiger partial charge in [-0.05, 0) is 29.8 Å². The van der Waals surface area contributed by atoms with Gasteiger partial charge < -0.3 is 5.73 Å². The minimum Gasteiger partial charge on any atom is -0.322 e. The summed E-state index contributed by atoms with van der Waals surface area (Å²) >= 11 is 3.41. The fraction of sp³-hybridized carbons (Fsp3) is 0.571. The molecule has 0 saturated heterocycles. The first-order chi connectivity index (χ1) is 4.93. The van der Waals surface area contributed by atoms with E-state index in [-0.39, 0.29) is 5.54 Å². The number of nitrogens with two attached hydrogens (primary N) is 1. The van der Waals surface area contributed by atoms with Crippen LogP contribution >= 0.6 is 15.9 Å². The van der Waals surface area contributed by atoms with Crippen molar-refractivity contribution in [1.29, 1.82) is 0 Å². The van der Waals surface area contributed by atoms with Gasteiger partial charge in [-0.2, -0.15) is 5.10 Å². The molecule has 0 saturated carbocycles. The average molecular weight is 218 g/mol. The van der Waals surface area contributed by atoms with E-state index in [0.29, 0.717) is 0 Å². The van der Waals surface area contributed by atoms with Crippen LogP contribution in [0.5, 0.6) is 0 Å². The molecule has 0 amide bonds. The number of hydrogen-bond acceptors (Lipinski definition) is 2. The van der Waals surface area contributed by atoms with Crippen LogP contribution in [0.25, 0.3) is 0 Å². The van der Waals surface area contributed by atoms with E-state index in [9.17, 15) is 0 Å². The van der Waals surface area contributed by atoms with Crippen molar-refractivity contribution in [3.8, 4) is 0 Å². The summed E-state index contributed by atoms with van der Waals surface area (Å²) in [5, 5.41) is 4.07. The molecular formula is C7H12BrN3. The highest BCUT2D eigenvalue weighted by atomic mass is 79.9. The molecule has 11 heavy (non-hydrogen) atoms. The Hall–Kier alpha value is -0.350. The fourth-order valence-corrected chi connectivity index (χ4v) is 1.56. The molecule has 4 heteroatoms. The SMILES string of the molecule is Cn1ncc(C(C)(C)N)c1Br. The molecule has 3 nitrogen and oxygen atoms in total. The van der Waals surface area contributed by atoms with Gasteiger partial charge in [0, 0.05) is 18.2 Å². The van der Waals surface area contributed by atoms with Crippen molar-refractivity contribution >= 4 is 15.9 Å². The van der Waals surface area contributed by atoms with Crippen molar-refractivity contribution in [3.63, 3.8) is 0 Å². The van der Waals surface area contributed by atoms with Gasteiger partial charge >= 0.3 is 0 Å². The van der Waals surface area contributed by atoms with Crippen molar-refractivity contribution < 1.29 is 0 Å². The Balaban J connectivity index is 3.15. The number of aryl methyl sites for hydroxylation is 1. The van der Waals surface area contributed by atoms with Crippen molar-refractivity contribution in [1.82, 2.24) is 9.78 Å². The van der Waals surface area contributed by atoms with Gasteiger partial charge in [0.2, 0.25) is 0 Å². The number of aromatic nitrogens is 2. The standard InChI is InChI=1S/C7H12BrN3/c1-7(2,9)5-4-10-11(3)6(5)8/h4H,9H2,1-3H3. The molecule has 0 fully saturated rings. The van der Waals surface area contributed by atoms with E-state index >= 15 is 0 Å². The molecule has 0 aromatic carbocycles. The van der Waals surface area contributed by atoms with Crippen LogP contribution in [0, 0.1) is 0 Å². The Morgan fingerprint density at radius 3 is 2.36 bits per heavy atom. The molecule has 0 unspecified atom stereocenters. The first-order valence-corrected chi connectivity index (χ1v) is 4.19. The molecular weight excluding hydrogens is 206 g/mol. The minimum atomic E-state index is -0.326. The molecule has 0 spiro atoms. The lowest BCUT2D eigenvalue weighted by molar-refractivity contribution is 0.550. The van der Waals surface area contributed by atoms with E-state index in [2.05, 4.69) is 21.0 Å². The predicted octanol–water partition coefficient (Wildman–Crippen LogP) is 1.38. The number of nitrogens with zero attached hydrogens (tertiary/aromatic N) is 2. The molecule has 0 aliphatic rings. The molecule has 0 radical (unpaired) electrons. The Morgan fingerprint density at radius 1 is 1.64 bits per heavy atom. The zero-order valence-corrected chi connectivity index (χ0v) is 8.51. The molecule has 1 rings (SSSR count). The van der Waals surface area contributed by atoms with Crippen LogP contribution in [-0.2, 0) is 12.6 Å². The van der Waals surface area contributed by atoms with Crippen molar-refractivity contribution in [2.24, 2.45) is 12.8 Å². The lowest BCUT2D eigenvalue weighted by Crippen LogP contribution is -2.28. The largest absolute Gasteiger partial charge is 0.322 e.